The molecule has 0 saturated heterocycles. The Bertz CT molecular complexity index is 807. The summed E-state index contributed by atoms with van der Waals surface area (Å²) < 4.78 is 4.93. The number of rotatable bonds is 7. The topological polar surface area (TPSA) is 155 Å². The smallest absolute Gasteiger partial charge is 0.312 e. The number of nitro groups is 1. The molecule has 0 atom stereocenters. The number of fused-ring (bicyclic) bond motifs is 1. The molecule has 0 amide bonds. The summed E-state index contributed by atoms with van der Waals surface area (Å²) in [6, 6.07) is 4.81. The van der Waals surface area contributed by atoms with E-state index < -0.39 is 16.0 Å². The summed E-state index contributed by atoms with van der Waals surface area (Å²) in [5.41, 5.74) is -0.323. The summed E-state index contributed by atoms with van der Waals surface area (Å²) in [6.45, 7) is -0.250. The minimum atomic E-state index is -0.966. The number of carbonyl (C=O) groups excluding carboxylic acids is 1. The summed E-state index contributed by atoms with van der Waals surface area (Å²) >= 11 is 0. The molecule has 0 aliphatic carbocycles. The SMILES string of the molecule is O=C(CCCO[N+](=O)[O-])Oc1ccc2c([N+](=O)[O-])ccc(O)c2n1. The van der Waals surface area contributed by atoms with Crippen LogP contribution in [0.25, 0.3) is 10.9 Å². The highest BCUT2D eigenvalue weighted by molar-refractivity contribution is 5.92. The number of hydrogen-bond donors (Lipinski definition) is 1. The third-order valence-corrected chi connectivity index (χ3v) is 2.92. The van der Waals surface area contributed by atoms with Crippen molar-refractivity contribution in [1.82, 2.24) is 4.98 Å². The lowest BCUT2D eigenvalue weighted by atomic mass is 10.1. The van der Waals surface area contributed by atoms with Gasteiger partial charge in [0.1, 0.15) is 11.3 Å². The summed E-state index contributed by atoms with van der Waals surface area (Å²) in [7, 11) is 0. The second-order valence-electron chi connectivity index (χ2n) is 4.54. The molecule has 0 spiro atoms. The molecule has 0 bridgehead atoms. The maximum atomic E-state index is 11.6. The van der Waals surface area contributed by atoms with Gasteiger partial charge in [-0.1, -0.05) is 0 Å². The number of ether oxygens (including phenoxy) is 1. The van der Waals surface area contributed by atoms with E-state index in [4.69, 9.17) is 4.74 Å². The fraction of sp³-hybridized carbons (Fsp3) is 0.231. The molecule has 1 heterocycles. The van der Waals surface area contributed by atoms with Gasteiger partial charge in [0.2, 0.25) is 5.88 Å². The molecule has 0 aliphatic rings. The standard InChI is InChI=1S/C13H11N3O8/c17-10-5-4-9(15(19)20)8-3-6-11(14-13(8)10)24-12(18)2-1-7-23-16(21)22/h3-6,17H,1-2,7H2. The molecule has 0 radical (unpaired) electrons. The molecular formula is C13H11N3O8. The van der Waals surface area contributed by atoms with Crippen molar-refractivity contribution in [3.63, 3.8) is 0 Å². The van der Waals surface area contributed by atoms with Crippen molar-refractivity contribution in [2.24, 2.45) is 0 Å². The summed E-state index contributed by atoms with van der Waals surface area (Å²) in [5, 5.41) is 29.8. The van der Waals surface area contributed by atoms with Gasteiger partial charge in [0.25, 0.3) is 10.8 Å². The minimum absolute atomic E-state index is 0.0735. The molecule has 1 N–H and O–H groups in total. The van der Waals surface area contributed by atoms with Crippen molar-refractivity contribution in [2.75, 3.05) is 6.61 Å². The monoisotopic (exact) mass is 337 g/mol. The number of carbonyl (C=O) groups is 1. The van der Waals surface area contributed by atoms with Crippen molar-refractivity contribution in [1.29, 1.82) is 0 Å². The number of aromatic hydroxyl groups is 1. The van der Waals surface area contributed by atoms with E-state index in [1.165, 1.54) is 12.1 Å². The van der Waals surface area contributed by atoms with Crippen molar-refractivity contribution >= 4 is 22.6 Å². The quantitative estimate of drug-likeness (QED) is 0.344. The van der Waals surface area contributed by atoms with Gasteiger partial charge in [-0.2, -0.15) is 0 Å². The van der Waals surface area contributed by atoms with Crippen LogP contribution < -0.4 is 4.74 Å². The third-order valence-electron chi connectivity index (χ3n) is 2.92. The number of hydrogen-bond acceptors (Lipinski definition) is 9. The molecule has 126 valence electrons. The zero-order valence-electron chi connectivity index (χ0n) is 12.1. The highest BCUT2D eigenvalue weighted by Gasteiger charge is 2.17. The Morgan fingerprint density at radius 3 is 2.62 bits per heavy atom. The van der Waals surface area contributed by atoms with Crippen molar-refractivity contribution in [3.05, 3.63) is 44.5 Å². The van der Waals surface area contributed by atoms with Crippen LogP contribution in [0.5, 0.6) is 11.6 Å². The van der Waals surface area contributed by atoms with Crippen LogP contribution in [0.15, 0.2) is 24.3 Å². The first kappa shape index (κ1) is 16.9. The van der Waals surface area contributed by atoms with Crippen LogP contribution in [0.2, 0.25) is 0 Å². The predicted molar refractivity (Wildman–Crippen MR) is 77.9 cm³/mol. The second-order valence-corrected chi connectivity index (χ2v) is 4.54. The van der Waals surface area contributed by atoms with E-state index in [0.717, 1.165) is 12.1 Å². The molecule has 0 unspecified atom stereocenters. The summed E-state index contributed by atoms with van der Waals surface area (Å²) in [5.74, 6) is -1.16. The molecule has 2 rings (SSSR count). The molecule has 0 fully saturated rings. The molecule has 24 heavy (non-hydrogen) atoms. The Hall–Kier alpha value is -3.50. The molecule has 0 saturated carbocycles. The Morgan fingerprint density at radius 2 is 1.96 bits per heavy atom. The van der Waals surface area contributed by atoms with Crippen LogP contribution in [0.4, 0.5) is 5.69 Å². The normalized spacial score (nSPS) is 10.3. The van der Waals surface area contributed by atoms with Crippen molar-refractivity contribution in [2.45, 2.75) is 12.8 Å². The van der Waals surface area contributed by atoms with Gasteiger partial charge in [-0.15, -0.1) is 10.1 Å². The zero-order chi connectivity index (χ0) is 17.7. The van der Waals surface area contributed by atoms with Crippen molar-refractivity contribution < 1.29 is 29.5 Å². The van der Waals surface area contributed by atoms with Gasteiger partial charge in [0, 0.05) is 18.6 Å². The number of benzene rings is 1. The van der Waals surface area contributed by atoms with E-state index in [1.807, 2.05) is 0 Å². The molecule has 2 aromatic rings. The Balaban J connectivity index is 2.10. The predicted octanol–water partition coefficient (Wildman–Crippen LogP) is 1.74. The first-order valence-electron chi connectivity index (χ1n) is 6.63. The second kappa shape index (κ2) is 7.17. The van der Waals surface area contributed by atoms with Gasteiger partial charge < -0.3 is 14.7 Å². The Labute approximate surface area is 133 Å². The maximum Gasteiger partial charge on any atom is 0.312 e. The number of nitro benzene ring substituents is 1. The molecule has 0 aliphatic heterocycles. The fourth-order valence-electron chi connectivity index (χ4n) is 1.91. The van der Waals surface area contributed by atoms with Gasteiger partial charge in [-0.05, 0) is 18.6 Å². The van der Waals surface area contributed by atoms with Crippen LogP contribution in [-0.2, 0) is 9.63 Å². The van der Waals surface area contributed by atoms with Gasteiger partial charge in [0.15, 0.2) is 0 Å². The lowest BCUT2D eigenvalue weighted by Crippen LogP contribution is -2.11. The van der Waals surface area contributed by atoms with E-state index in [2.05, 4.69) is 9.82 Å². The number of phenols is 1. The van der Waals surface area contributed by atoms with E-state index in [-0.39, 0.29) is 47.7 Å². The van der Waals surface area contributed by atoms with Crippen LogP contribution in [-0.4, -0.2) is 32.7 Å². The number of nitrogens with zero attached hydrogens (tertiary/aromatic N) is 3. The highest BCUT2D eigenvalue weighted by atomic mass is 16.9. The first-order chi connectivity index (χ1) is 11.4. The average Bonchev–Trinajstić information content (AvgIpc) is 2.52. The number of esters is 1. The van der Waals surface area contributed by atoms with E-state index in [1.54, 1.807) is 0 Å². The maximum absolute atomic E-state index is 11.6. The Morgan fingerprint density at radius 1 is 1.21 bits per heavy atom. The number of phenolic OH excluding ortho intramolecular Hbond substituents is 1. The van der Waals surface area contributed by atoms with E-state index in [0.29, 0.717) is 0 Å². The molecule has 1 aromatic heterocycles. The third kappa shape index (κ3) is 4.03. The first-order valence-corrected chi connectivity index (χ1v) is 6.63. The summed E-state index contributed by atoms with van der Waals surface area (Å²) in [6.07, 6.45) is -0.0708. The van der Waals surface area contributed by atoms with E-state index >= 15 is 0 Å². The average molecular weight is 337 g/mol. The number of non-ortho nitro benzene ring substituents is 1. The largest absolute Gasteiger partial charge is 0.506 e. The fourth-order valence-corrected chi connectivity index (χ4v) is 1.91. The number of aromatic nitrogens is 1. The van der Waals surface area contributed by atoms with Crippen LogP contribution in [0.1, 0.15) is 12.8 Å². The van der Waals surface area contributed by atoms with Crippen LogP contribution in [0.3, 0.4) is 0 Å². The van der Waals surface area contributed by atoms with Gasteiger partial charge >= 0.3 is 5.97 Å². The summed E-state index contributed by atoms with van der Waals surface area (Å²) in [4.78, 5) is 39.8. The lowest BCUT2D eigenvalue weighted by molar-refractivity contribution is -0.757. The molecule has 11 heteroatoms. The van der Waals surface area contributed by atoms with Crippen LogP contribution in [0, 0.1) is 20.2 Å². The van der Waals surface area contributed by atoms with E-state index in [9.17, 15) is 30.1 Å². The van der Waals surface area contributed by atoms with Gasteiger partial charge in [-0.3, -0.25) is 14.9 Å². The number of pyridine rings is 1. The van der Waals surface area contributed by atoms with Crippen molar-refractivity contribution in [3.8, 4) is 11.6 Å². The van der Waals surface area contributed by atoms with Crippen LogP contribution >= 0.6 is 0 Å². The van der Waals surface area contributed by atoms with Gasteiger partial charge in [-0.25, -0.2) is 4.98 Å². The van der Waals surface area contributed by atoms with Gasteiger partial charge in [0.05, 0.1) is 16.9 Å². The Kier molecular flexibility index (Phi) is 5.04. The molecule has 11 nitrogen and oxygen atoms in total. The lowest BCUT2D eigenvalue weighted by Gasteiger charge is -2.06. The molecular weight excluding hydrogens is 326 g/mol. The molecule has 1 aromatic carbocycles. The zero-order valence-corrected chi connectivity index (χ0v) is 12.1. The minimum Gasteiger partial charge on any atom is -0.506 e. The highest BCUT2D eigenvalue weighted by Crippen LogP contribution is 2.32.